The molecule has 0 aromatic heterocycles. The molecule has 7 nitrogen and oxygen atoms in total. The maximum Gasteiger partial charge on any atom is 0.244 e. The van der Waals surface area contributed by atoms with E-state index in [2.05, 4.69) is 4.72 Å². The number of aliphatic hydroxyl groups excluding tert-OH is 1. The number of hydrogen-bond acceptors (Lipinski definition) is 5. The molecule has 0 aliphatic carbocycles. The third-order valence-electron chi connectivity index (χ3n) is 3.89. The van der Waals surface area contributed by atoms with Crippen LogP contribution in [0.15, 0.2) is 34.1 Å². The first-order valence-corrected chi connectivity index (χ1v) is 9.65. The zero-order valence-electron chi connectivity index (χ0n) is 12.6. The van der Waals surface area contributed by atoms with Crippen molar-refractivity contribution in [1.29, 1.82) is 0 Å². The minimum atomic E-state index is -4.01. The van der Waals surface area contributed by atoms with Crippen molar-refractivity contribution in [3.8, 4) is 0 Å². The van der Waals surface area contributed by atoms with E-state index < -0.39 is 31.6 Å². The summed E-state index contributed by atoms with van der Waals surface area (Å²) < 4.78 is 52.9. The van der Waals surface area contributed by atoms with Crippen molar-refractivity contribution < 1.29 is 21.9 Å². The molecule has 1 atom stereocenters. The Morgan fingerprint density at radius 1 is 1.18 bits per heavy atom. The van der Waals surface area contributed by atoms with Gasteiger partial charge in [0.05, 0.1) is 6.10 Å². The molecule has 1 aromatic rings. The SMILES string of the molecule is CNS(=O)(=O)c1ccccc1S(=O)(=O)N1C[C@@H](O)C(C)(C)C1. The summed E-state index contributed by atoms with van der Waals surface area (Å²) in [7, 11) is -6.69. The molecule has 0 spiro atoms. The number of aliphatic hydroxyl groups is 1. The second-order valence-corrected chi connectivity index (χ2v) is 9.72. The van der Waals surface area contributed by atoms with Gasteiger partial charge in [0.15, 0.2) is 0 Å². The van der Waals surface area contributed by atoms with Crippen molar-refractivity contribution in [1.82, 2.24) is 9.03 Å². The van der Waals surface area contributed by atoms with E-state index in [1.165, 1.54) is 31.3 Å². The lowest BCUT2D eigenvalue weighted by Gasteiger charge is -2.21. The van der Waals surface area contributed by atoms with Crippen LogP contribution < -0.4 is 4.72 Å². The van der Waals surface area contributed by atoms with Crippen molar-refractivity contribution in [3.05, 3.63) is 24.3 Å². The molecule has 1 heterocycles. The standard InChI is InChI=1S/C13H20N2O5S2/c1-13(2)9-15(8-12(13)16)22(19,20)11-7-5-4-6-10(11)21(17,18)14-3/h4-7,12,14,16H,8-9H2,1-3H3/t12-/m1/s1. The van der Waals surface area contributed by atoms with Gasteiger partial charge in [0.1, 0.15) is 9.79 Å². The van der Waals surface area contributed by atoms with Crippen molar-refractivity contribution in [2.24, 2.45) is 5.41 Å². The molecule has 1 fully saturated rings. The molecule has 2 rings (SSSR count). The van der Waals surface area contributed by atoms with Gasteiger partial charge in [-0.15, -0.1) is 0 Å². The molecule has 1 saturated heterocycles. The second-order valence-electron chi connectivity index (χ2n) is 5.96. The van der Waals surface area contributed by atoms with Crippen LogP contribution >= 0.6 is 0 Å². The molecular formula is C13H20N2O5S2. The van der Waals surface area contributed by atoms with E-state index in [1.54, 1.807) is 13.8 Å². The zero-order chi connectivity index (χ0) is 16.8. The first-order chi connectivity index (χ1) is 10.0. The largest absolute Gasteiger partial charge is 0.391 e. The Balaban J connectivity index is 2.53. The van der Waals surface area contributed by atoms with Crippen molar-refractivity contribution in [3.63, 3.8) is 0 Å². The minimum Gasteiger partial charge on any atom is -0.391 e. The van der Waals surface area contributed by atoms with Crippen LogP contribution in [0.3, 0.4) is 0 Å². The van der Waals surface area contributed by atoms with Crippen molar-refractivity contribution in [2.75, 3.05) is 20.1 Å². The number of benzene rings is 1. The first kappa shape index (κ1) is 17.4. The molecule has 0 saturated carbocycles. The maximum absolute atomic E-state index is 12.8. The Morgan fingerprint density at radius 2 is 1.73 bits per heavy atom. The highest BCUT2D eigenvalue weighted by atomic mass is 32.2. The number of nitrogens with one attached hydrogen (secondary N) is 1. The van der Waals surface area contributed by atoms with Crippen LogP contribution in [-0.4, -0.2) is 52.5 Å². The molecule has 0 unspecified atom stereocenters. The summed E-state index contributed by atoms with van der Waals surface area (Å²) in [4.78, 5) is -0.578. The molecule has 0 bridgehead atoms. The Hall–Kier alpha value is -1.00. The highest BCUT2D eigenvalue weighted by Crippen LogP contribution is 2.34. The fourth-order valence-corrected chi connectivity index (χ4v) is 5.53. The average Bonchev–Trinajstić information content (AvgIpc) is 2.73. The number of hydrogen-bond donors (Lipinski definition) is 2. The number of nitrogens with zero attached hydrogens (tertiary/aromatic N) is 1. The van der Waals surface area contributed by atoms with Gasteiger partial charge in [-0.1, -0.05) is 26.0 Å². The lowest BCUT2D eigenvalue weighted by Crippen LogP contribution is -2.32. The van der Waals surface area contributed by atoms with Gasteiger partial charge in [0.25, 0.3) is 0 Å². The summed E-state index contributed by atoms with van der Waals surface area (Å²) in [6, 6.07) is 5.44. The van der Waals surface area contributed by atoms with E-state index in [1.807, 2.05) is 0 Å². The summed E-state index contributed by atoms with van der Waals surface area (Å²) in [5.74, 6) is 0. The van der Waals surface area contributed by atoms with E-state index in [0.717, 1.165) is 4.31 Å². The Labute approximate surface area is 131 Å². The fraction of sp³-hybridized carbons (Fsp3) is 0.538. The summed E-state index contributed by atoms with van der Waals surface area (Å²) in [6.45, 7) is 3.61. The first-order valence-electron chi connectivity index (χ1n) is 6.73. The smallest absolute Gasteiger partial charge is 0.244 e. The zero-order valence-corrected chi connectivity index (χ0v) is 14.3. The molecule has 2 N–H and O–H groups in total. The van der Waals surface area contributed by atoms with Gasteiger partial charge in [-0.05, 0) is 19.2 Å². The maximum atomic E-state index is 12.8. The molecule has 9 heteroatoms. The predicted octanol–water partition coefficient (Wildman–Crippen LogP) is -0.0139. The van der Waals surface area contributed by atoms with Crippen LogP contribution in [0.5, 0.6) is 0 Å². The monoisotopic (exact) mass is 348 g/mol. The van der Waals surface area contributed by atoms with Gasteiger partial charge in [-0.2, -0.15) is 4.31 Å². The van der Waals surface area contributed by atoms with Crippen molar-refractivity contribution >= 4 is 20.0 Å². The predicted molar refractivity (Wildman–Crippen MR) is 81.2 cm³/mol. The lowest BCUT2D eigenvalue weighted by molar-refractivity contribution is 0.0960. The molecule has 1 aromatic carbocycles. The normalized spacial score (nSPS) is 22.8. The van der Waals surface area contributed by atoms with Gasteiger partial charge in [-0.25, -0.2) is 21.6 Å². The van der Waals surface area contributed by atoms with Crippen LogP contribution in [0.2, 0.25) is 0 Å². The fourth-order valence-electron chi connectivity index (χ4n) is 2.38. The number of rotatable bonds is 4. The summed E-state index contributed by atoms with van der Waals surface area (Å²) >= 11 is 0. The van der Waals surface area contributed by atoms with Gasteiger partial charge in [-0.3, -0.25) is 0 Å². The molecule has 0 radical (unpaired) electrons. The van der Waals surface area contributed by atoms with E-state index in [0.29, 0.717) is 0 Å². The third kappa shape index (κ3) is 2.91. The van der Waals surface area contributed by atoms with Gasteiger partial charge < -0.3 is 5.11 Å². The Bertz CT molecular complexity index is 771. The highest BCUT2D eigenvalue weighted by Gasteiger charge is 2.44. The van der Waals surface area contributed by atoms with Crippen LogP contribution in [0, 0.1) is 5.41 Å². The molecule has 1 aliphatic rings. The topological polar surface area (TPSA) is 104 Å². The van der Waals surface area contributed by atoms with Crippen LogP contribution in [0.1, 0.15) is 13.8 Å². The summed E-state index contributed by atoms with van der Waals surface area (Å²) in [5.41, 5.74) is -0.579. The molecule has 22 heavy (non-hydrogen) atoms. The number of sulfonamides is 2. The molecule has 124 valence electrons. The summed E-state index contributed by atoms with van der Waals surface area (Å²) in [6.07, 6.45) is -0.796. The minimum absolute atomic E-state index is 0.0523. The van der Waals surface area contributed by atoms with Gasteiger partial charge in [0, 0.05) is 18.5 Å². The van der Waals surface area contributed by atoms with E-state index in [4.69, 9.17) is 0 Å². The van der Waals surface area contributed by atoms with Crippen molar-refractivity contribution in [2.45, 2.75) is 29.7 Å². The van der Waals surface area contributed by atoms with Crippen LogP contribution in [-0.2, 0) is 20.0 Å². The van der Waals surface area contributed by atoms with E-state index in [-0.39, 0.29) is 22.9 Å². The number of β-amino-alcohol motifs (C(OH)–C–C–N with tert-alkyl or cyclic N) is 1. The Kier molecular flexibility index (Phi) is 4.39. The van der Waals surface area contributed by atoms with E-state index in [9.17, 15) is 21.9 Å². The van der Waals surface area contributed by atoms with E-state index >= 15 is 0 Å². The van der Waals surface area contributed by atoms with Gasteiger partial charge >= 0.3 is 0 Å². The lowest BCUT2D eigenvalue weighted by atomic mass is 9.90. The van der Waals surface area contributed by atoms with Gasteiger partial charge in [0.2, 0.25) is 20.0 Å². The third-order valence-corrected chi connectivity index (χ3v) is 7.36. The average molecular weight is 348 g/mol. The van der Waals surface area contributed by atoms with Crippen LogP contribution in [0.25, 0.3) is 0 Å². The quantitative estimate of drug-likeness (QED) is 0.796. The highest BCUT2D eigenvalue weighted by molar-refractivity contribution is 7.92. The second kappa shape index (κ2) is 5.57. The molecule has 1 aliphatic heterocycles. The molecular weight excluding hydrogens is 328 g/mol. The summed E-state index contributed by atoms with van der Waals surface area (Å²) in [5, 5.41) is 9.98. The van der Waals surface area contributed by atoms with Crippen LogP contribution in [0.4, 0.5) is 0 Å². The Morgan fingerprint density at radius 3 is 2.18 bits per heavy atom. The molecule has 0 amide bonds.